The van der Waals surface area contributed by atoms with Crippen molar-refractivity contribution in [2.24, 2.45) is 0 Å². The average Bonchev–Trinajstić information content (AvgIpc) is 3.42. The highest BCUT2D eigenvalue weighted by Gasteiger charge is 2.34. The number of anilines is 3. The molecule has 0 spiro atoms. The maximum atomic E-state index is 6.43. The van der Waals surface area contributed by atoms with Crippen LogP contribution in [-0.2, 0) is 0 Å². The van der Waals surface area contributed by atoms with Crippen molar-refractivity contribution in [3.8, 4) is 16.9 Å². The standard InChI is InChI=1S/C40H29NO/c1-3-11-28(12-4-1)29-19-22-34(23-20-29)41(33-15-5-2-6-16-33)38-18-10-9-17-35(38)32-21-24-39-36(26-32)37-25-30-13-7-8-14-31(30)27-40(37)42-39/h1-27,36,39H. The molecule has 0 radical (unpaired) electrons. The Morgan fingerprint density at radius 3 is 1.95 bits per heavy atom. The molecule has 8 rings (SSSR count). The first-order chi connectivity index (χ1) is 20.8. The minimum absolute atomic E-state index is 0.0171. The molecule has 0 saturated carbocycles. The molecule has 200 valence electrons. The van der Waals surface area contributed by atoms with Gasteiger partial charge in [-0.2, -0.15) is 0 Å². The van der Waals surface area contributed by atoms with Crippen molar-refractivity contribution in [3.63, 3.8) is 0 Å². The first-order valence-corrected chi connectivity index (χ1v) is 14.5. The zero-order valence-corrected chi connectivity index (χ0v) is 23.1. The topological polar surface area (TPSA) is 12.5 Å². The molecule has 0 N–H and O–H groups in total. The molecule has 6 aromatic carbocycles. The Labute approximate surface area is 246 Å². The highest BCUT2D eigenvalue weighted by molar-refractivity contribution is 5.91. The van der Waals surface area contributed by atoms with Crippen LogP contribution in [0.5, 0.6) is 5.75 Å². The Kier molecular flexibility index (Phi) is 5.97. The van der Waals surface area contributed by atoms with Crippen LogP contribution in [0.3, 0.4) is 0 Å². The number of allylic oxidation sites excluding steroid dienone is 2. The van der Waals surface area contributed by atoms with Crippen molar-refractivity contribution < 1.29 is 4.74 Å². The molecule has 0 saturated heterocycles. The lowest BCUT2D eigenvalue weighted by Crippen LogP contribution is -2.17. The maximum absolute atomic E-state index is 6.43. The number of hydrogen-bond acceptors (Lipinski definition) is 2. The van der Waals surface area contributed by atoms with Crippen LogP contribution >= 0.6 is 0 Å². The third-order valence-corrected chi connectivity index (χ3v) is 8.38. The fourth-order valence-electron chi connectivity index (χ4n) is 6.32. The van der Waals surface area contributed by atoms with Crippen LogP contribution in [0.25, 0.3) is 27.5 Å². The monoisotopic (exact) mass is 539 g/mol. The lowest BCUT2D eigenvalue weighted by atomic mass is 9.85. The second-order valence-corrected chi connectivity index (χ2v) is 10.9. The van der Waals surface area contributed by atoms with Crippen LogP contribution in [0.15, 0.2) is 164 Å². The summed E-state index contributed by atoms with van der Waals surface area (Å²) in [5.74, 6) is 1.16. The van der Waals surface area contributed by atoms with E-state index in [2.05, 4.69) is 169 Å². The second kappa shape index (κ2) is 10.2. The third kappa shape index (κ3) is 4.29. The van der Waals surface area contributed by atoms with Crippen LogP contribution in [0.1, 0.15) is 17.0 Å². The van der Waals surface area contributed by atoms with Crippen LogP contribution in [-0.4, -0.2) is 6.10 Å². The van der Waals surface area contributed by atoms with Gasteiger partial charge in [-0.1, -0.05) is 115 Å². The fraction of sp³-hybridized carbons (Fsp3) is 0.0500. The zero-order valence-electron chi connectivity index (χ0n) is 23.1. The first-order valence-electron chi connectivity index (χ1n) is 14.5. The molecule has 0 fully saturated rings. The number of para-hydroxylation sites is 2. The molecule has 6 aromatic rings. The van der Waals surface area contributed by atoms with E-state index < -0.39 is 0 Å². The molecular weight excluding hydrogens is 510 g/mol. The summed E-state index contributed by atoms with van der Waals surface area (Å²) in [5, 5.41) is 2.46. The minimum Gasteiger partial charge on any atom is -0.485 e. The predicted octanol–water partition coefficient (Wildman–Crippen LogP) is 10.5. The van der Waals surface area contributed by atoms with Gasteiger partial charge in [-0.15, -0.1) is 0 Å². The van der Waals surface area contributed by atoms with E-state index in [9.17, 15) is 0 Å². The summed E-state index contributed by atoms with van der Waals surface area (Å²) in [7, 11) is 0. The summed E-state index contributed by atoms with van der Waals surface area (Å²) in [6.45, 7) is 0. The van der Waals surface area contributed by atoms with Crippen LogP contribution in [0.4, 0.5) is 17.1 Å². The van der Waals surface area contributed by atoms with Crippen LogP contribution < -0.4 is 9.64 Å². The van der Waals surface area contributed by atoms with E-state index in [1.165, 1.54) is 38.6 Å². The van der Waals surface area contributed by atoms with E-state index in [-0.39, 0.29) is 12.0 Å². The van der Waals surface area contributed by atoms with Gasteiger partial charge in [-0.05, 0) is 76.0 Å². The fourth-order valence-corrected chi connectivity index (χ4v) is 6.32. The van der Waals surface area contributed by atoms with E-state index >= 15 is 0 Å². The molecule has 1 aliphatic carbocycles. The van der Waals surface area contributed by atoms with Gasteiger partial charge in [0.2, 0.25) is 0 Å². The molecule has 2 aliphatic rings. The zero-order chi connectivity index (χ0) is 27.9. The molecule has 2 atom stereocenters. The van der Waals surface area contributed by atoms with Gasteiger partial charge in [0.25, 0.3) is 0 Å². The van der Waals surface area contributed by atoms with Gasteiger partial charge in [-0.3, -0.25) is 0 Å². The van der Waals surface area contributed by atoms with Gasteiger partial charge >= 0.3 is 0 Å². The van der Waals surface area contributed by atoms with Crippen molar-refractivity contribution in [2.45, 2.75) is 12.0 Å². The van der Waals surface area contributed by atoms with Gasteiger partial charge in [-0.25, -0.2) is 0 Å². The maximum Gasteiger partial charge on any atom is 0.128 e. The Morgan fingerprint density at radius 1 is 0.548 bits per heavy atom. The van der Waals surface area contributed by atoms with Crippen molar-refractivity contribution in [1.29, 1.82) is 0 Å². The normalized spacial score (nSPS) is 16.8. The van der Waals surface area contributed by atoms with Gasteiger partial charge in [0, 0.05) is 28.4 Å². The highest BCUT2D eigenvalue weighted by atomic mass is 16.5. The molecule has 2 heteroatoms. The summed E-state index contributed by atoms with van der Waals surface area (Å²) in [6, 6.07) is 51.8. The molecule has 1 aliphatic heterocycles. The number of hydrogen-bond donors (Lipinski definition) is 0. The van der Waals surface area contributed by atoms with Gasteiger partial charge in [0.05, 0.1) is 5.69 Å². The van der Waals surface area contributed by atoms with Gasteiger partial charge < -0.3 is 9.64 Å². The van der Waals surface area contributed by atoms with Crippen molar-refractivity contribution in [1.82, 2.24) is 0 Å². The number of ether oxygens (including phenoxy) is 1. The first kappa shape index (κ1) is 24.5. The molecule has 2 nitrogen and oxygen atoms in total. The lowest BCUT2D eigenvalue weighted by molar-refractivity contribution is 0.269. The highest BCUT2D eigenvalue weighted by Crippen LogP contribution is 2.47. The Hall–Kier alpha value is -5.34. The predicted molar refractivity (Wildman–Crippen MR) is 175 cm³/mol. The largest absolute Gasteiger partial charge is 0.485 e. The average molecular weight is 540 g/mol. The molecule has 0 aromatic heterocycles. The summed E-state index contributed by atoms with van der Waals surface area (Å²) in [6.07, 6.45) is 6.87. The smallest absolute Gasteiger partial charge is 0.128 e. The lowest BCUT2D eigenvalue weighted by Gasteiger charge is -2.29. The molecule has 2 unspecified atom stereocenters. The van der Waals surface area contributed by atoms with Crippen molar-refractivity contribution in [3.05, 3.63) is 175 Å². The number of benzene rings is 6. The minimum atomic E-state index is 0.0171. The van der Waals surface area contributed by atoms with Crippen molar-refractivity contribution in [2.75, 3.05) is 4.90 Å². The number of nitrogens with zero attached hydrogens (tertiary/aromatic N) is 1. The second-order valence-electron chi connectivity index (χ2n) is 10.9. The molecule has 0 amide bonds. The molecule has 0 bridgehead atoms. The van der Waals surface area contributed by atoms with E-state index in [1.807, 2.05) is 0 Å². The Bertz CT molecular complexity index is 1960. The molecular formula is C40H29NO. The number of fused-ring (bicyclic) bond motifs is 4. The van der Waals surface area contributed by atoms with E-state index in [0.717, 1.165) is 22.8 Å². The SMILES string of the molecule is C1=CC2Oc3cc4ccccc4cc3C2C=C1c1ccccc1N(c1ccccc1)c1ccc(-c2ccccc2)cc1. The summed E-state index contributed by atoms with van der Waals surface area (Å²) in [5.41, 5.74) is 9.46. The van der Waals surface area contributed by atoms with Gasteiger partial charge in [0.15, 0.2) is 0 Å². The third-order valence-electron chi connectivity index (χ3n) is 8.38. The molecule has 42 heavy (non-hydrogen) atoms. The molecule has 1 heterocycles. The van der Waals surface area contributed by atoms with Gasteiger partial charge in [0.1, 0.15) is 11.9 Å². The summed E-state index contributed by atoms with van der Waals surface area (Å²) >= 11 is 0. The van der Waals surface area contributed by atoms with Crippen molar-refractivity contribution >= 4 is 33.4 Å². The number of rotatable bonds is 5. The Morgan fingerprint density at radius 2 is 1.17 bits per heavy atom. The quantitative estimate of drug-likeness (QED) is 0.216. The summed E-state index contributed by atoms with van der Waals surface area (Å²) in [4.78, 5) is 2.36. The van der Waals surface area contributed by atoms with Crippen LogP contribution in [0, 0.1) is 0 Å². The van der Waals surface area contributed by atoms with E-state index in [0.29, 0.717) is 0 Å². The van der Waals surface area contributed by atoms with E-state index in [4.69, 9.17) is 4.74 Å². The van der Waals surface area contributed by atoms with E-state index in [1.54, 1.807) is 0 Å². The van der Waals surface area contributed by atoms with Crippen LogP contribution in [0.2, 0.25) is 0 Å². The summed E-state index contributed by atoms with van der Waals surface area (Å²) < 4.78 is 6.43. The Balaban J connectivity index is 1.22.